The van der Waals surface area contributed by atoms with Gasteiger partial charge in [0.25, 0.3) is 11.8 Å². The van der Waals surface area contributed by atoms with E-state index in [2.05, 4.69) is 23.1 Å². The van der Waals surface area contributed by atoms with Gasteiger partial charge in [0.15, 0.2) is 5.11 Å². The molecule has 7 heteroatoms. The lowest BCUT2D eigenvalue weighted by Crippen LogP contribution is -2.48. The van der Waals surface area contributed by atoms with Crippen molar-refractivity contribution < 1.29 is 14.3 Å². The van der Waals surface area contributed by atoms with Crippen LogP contribution in [0.2, 0.25) is 0 Å². The third-order valence-electron chi connectivity index (χ3n) is 3.44. The van der Waals surface area contributed by atoms with E-state index in [0.29, 0.717) is 23.5 Å². The molecule has 2 aromatic carbocycles. The number of hydrogen-bond donors (Lipinski definition) is 3. The van der Waals surface area contributed by atoms with Crippen molar-refractivity contribution in [2.75, 3.05) is 6.61 Å². The highest BCUT2D eigenvalue weighted by molar-refractivity contribution is 7.80. The number of hydrogen-bond acceptors (Lipinski definition) is 4. The summed E-state index contributed by atoms with van der Waals surface area (Å²) in [4.78, 5) is 24.0. The van der Waals surface area contributed by atoms with E-state index >= 15 is 0 Å². The summed E-state index contributed by atoms with van der Waals surface area (Å²) in [5, 5.41) is 2.50. The van der Waals surface area contributed by atoms with Crippen molar-refractivity contribution in [3.8, 4) is 5.75 Å². The normalized spacial score (nSPS) is 9.88. The van der Waals surface area contributed by atoms with Crippen LogP contribution in [0.1, 0.15) is 40.5 Å². The summed E-state index contributed by atoms with van der Waals surface area (Å²) in [5.41, 5.74) is 5.85. The Morgan fingerprint density at radius 1 is 0.923 bits per heavy atom. The quantitative estimate of drug-likeness (QED) is 0.413. The molecule has 26 heavy (non-hydrogen) atoms. The van der Waals surface area contributed by atoms with E-state index in [4.69, 9.17) is 17.0 Å². The number of nitrogens with one attached hydrogen (secondary N) is 3. The van der Waals surface area contributed by atoms with Crippen molar-refractivity contribution in [1.82, 2.24) is 16.2 Å². The molecule has 136 valence electrons. The predicted molar refractivity (Wildman–Crippen MR) is 104 cm³/mol. The number of rotatable bonds is 6. The predicted octanol–water partition coefficient (Wildman–Crippen LogP) is 2.81. The van der Waals surface area contributed by atoms with Crippen LogP contribution in [-0.2, 0) is 0 Å². The summed E-state index contributed by atoms with van der Waals surface area (Å²) in [5.74, 6) is -0.0156. The molecule has 0 saturated carbocycles. The molecule has 0 atom stereocenters. The van der Waals surface area contributed by atoms with E-state index in [0.717, 1.165) is 12.8 Å². The summed E-state index contributed by atoms with van der Waals surface area (Å²) >= 11 is 5.01. The molecule has 3 N–H and O–H groups in total. The second kappa shape index (κ2) is 10.1. The Hall–Kier alpha value is -2.93. The van der Waals surface area contributed by atoms with Gasteiger partial charge in [-0.15, -0.1) is 0 Å². The zero-order valence-corrected chi connectivity index (χ0v) is 15.3. The fourth-order valence-corrected chi connectivity index (χ4v) is 2.16. The van der Waals surface area contributed by atoms with Crippen molar-refractivity contribution in [2.24, 2.45) is 0 Å². The van der Waals surface area contributed by atoms with E-state index in [1.807, 2.05) is 6.07 Å². The smallest absolute Gasteiger partial charge is 0.269 e. The molecule has 6 nitrogen and oxygen atoms in total. The molecule has 2 aromatic rings. The lowest BCUT2D eigenvalue weighted by Gasteiger charge is -2.11. The molecule has 0 unspecified atom stereocenters. The Bertz CT molecular complexity index is 748. The number of ether oxygens (including phenoxy) is 1. The van der Waals surface area contributed by atoms with Crippen LogP contribution in [0.25, 0.3) is 0 Å². The molecule has 0 aliphatic rings. The summed E-state index contributed by atoms with van der Waals surface area (Å²) in [6.07, 6.45) is 2.04. The lowest BCUT2D eigenvalue weighted by molar-refractivity contribution is 0.0934. The van der Waals surface area contributed by atoms with Crippen LogP contribution < -0.4 is 20.9 Å². The van der Waals surface area contributed by atoms with Gasteiger partial charge in [0.05, 0.1) is 6.61 Å². The van der Waals surface area contributed by atoms with Gasteiger partial charge in [-0.1, -0.05) is 31.5 Å². The minimum atomic E-state index is -0.378. The third kappa shape index (κ3) is 6.18. The maximum Gasteiger partial charge on any atom is 0.269 e. The number of benzene rings is 2. The van der Waals surface area contributed by atoms with Gasteiger partial charge in [-0.25, -0.2) is 0 Å². The van der Waals surface area contributed by atoms with Crippen molar-refractivity contribution in [3.63, 3.8) is 0 Å². The molecule has 2 amide bonds. The van der Waals surface area contributed by atoms with Crippen LogP contribution in [0, 0.1) is 0 Å². The Morgan fingerprint density at radius 2 is 1.58 bits per heavy atom. The number of hydrazine groups is 1. The molecule has 2 rings (SSSR count). The molecule has 0 radical (unpaired) electrons. The highest BCUT2D eigenvalue weighted by atomic mass is 32.1. The van der Waals surface area contributed by atoms with E-state index in [1.54, 1.807) is 48.5 Å². The average molecular weight is 371 g/mol. The number of thiocarbonyl (C=S) groups is 1. The number of unbranched alkanes of at least 4 members (excludes halogenated alkanes) is 1. The lowest BCUT2D eigenvalue weighted by atomic mass is 10.2. The van der Waals surface area contributed by atoms with Gasteiger partial charge in [-0.05, 0) is 55.0 Å². The molecule has 0 aliphatic heterocycles. The number of carbonyl (C=O) groups excluding carboxylic acids is 2. The van der Waals surface area contributed by atoms with Crippen LogP contribution >= 0.6 is 12.2 Å². The SMILES string of the molecule is CCCCOc1ccc(C(=O)NC(=S)NNC(=O)c2ccccc2)cc1. The molecule has 0 aromatic heterocycles. The van der Waals surface area contributed by atoms with E-state index < -0.39 is 0 Å². The Kier molecular flexibility index (Phi) is 7.57. The van der Waals surface area contributed by atoms with Gasteiger partial charge in [0.1, 0.15) is 5.75 Å². The minimum absolute atomic E-state index is 0.00236. The monoisotopic (exact) mass is 371 g/mol. The largest absolute Gasteiger partial charge is 0.494 e. The van der Waals surface area contributed by atoms with Gasteiger partial charge in [0, 0.05) is 11.1 Å². The molecule has 0 fully saturated rings. The minimum Gasteiger partial charge on any atom is -0.494 e. The first-order valence-electron chi connectivity index (χ1n) is 8.29. The van der Waals surface area contributed by atoms with Gasteiger partial charge in [-0.3, -0.25) is 25.8 Å². The van der Waals surface area contributed by atoms with Crippen LogP contribution in [0.3, 0.4) is 0 Å². The van der Waals surface area contributed by atoms with Gasteiger partial charge < -0.3 is 4.74 Å². The summed E-state index contributed by atoms with van der Waals surface area (Å²) < 4.78 is 5.55. The molecule has 0 spiro atoms. The Labute approximate surface area is 157 Å². The van der Waals surface area contributed by atoms with Crippen molar-refractivity contribution >= 4 is 29.1 Å². The summed E-state index contributed by atoms with van der Waals surface area (Å²) in [7, 11) is 0. The Balaban J connectivity index is 1.79. The van der Waals surface area contributed by atoms with E-state index in [9.17, 15) is 9.59 Å². The first-order valence-corrected chi connectivity index (χ1v) is 8.70. The van der Waals surface area contributed by atoms with E-state index in [1.165, 1.54) is 0 Å². The van der Waals surface area contributed by atoms with Crippen molar-refractivity contribution in [2.45, 2.75) is 19.8 Å². The van der Waals surface area contributed by atoms with Crippen LogP contribution in [-0.4, -0.2) is 23.5 Å². The fraction of sp³-hybridized carbons (Fsp3) is 0.211. The third-order valence-corrected chi connectivity index (χ3v) is 3.64. The fourth-order valence-electron chi connectivity index (χ4n) is 2.02. The van der Waals surface area contributed by atoms with Crippen molar-refractivity contribution in [1.29, 1.82) is 0 Å². The zero-order valence-electron chi connectivity index (χ0n) is 14.5. The topological polar surface area (TPSA) is 79.5 Å². The maximum absolute atomic E-state index is 12.1. The highest BCUT2D eigenvalue weighted by Crippen LogP contribution is 2.12. The molecule has 0 bridgehead atoms. The second-order valence-electron chi connectivity index (χ2n) is 5.45. The Morgan fingerprint density at radius 3 is 2.23 bits per heavy atom. The first-order chi connectivity index (χ1) is 12.6. The van der Waals surface area contributed by atoms with Crippen molar-refractivity contribution in [3.05, 3.63) is 65.7 Å². The van der Waals surface area contributed by atoms with E-state index in [-0.39, 0.29) is 16.9 Å². The van der Waals surface area contributed by atoms with Gasteiger partial charge in [-0.2, -0.15) is 0 Å². The zero-order chi connectivity index (χ0) is 18.8. The molecular weight excluding hydrogens is 350 g/mol. The maximum atomic E-state index is 12.1. The number of carbonyl (C=O) groups is 2. The van der Waals surface area contributed by atoms with Crippen LogP contribution in [0.4, 0.5) is 0 Å². The van der Waals surface area contributed by atoms with Gasteiger partial charge in [0.2, 0.25) is 0 Å². The summed E-state index contributed by atoms with van der Waals surface area (Å²) in [6.45, 7) is 2.74. The second-order valence-corrected chi connectivity index (χ2v) is 5.86. The average Bonchev–Trinajstić information content (AvgIpc) is 2.67. The molecular formula is C19H21N3O3S. The summed E-state index contributed by atoms with van der Waals surface area (Å²) in [6, 6.07) is 15.4. The van der Waals surface area contributed by atoms with Gasteiger partial charge >= 0.3 is 0 Å². The number of amides is 2. The first kappa shape index (κ1) is 19.4. The molecule has 0 aliphatic carbocycles. The molecule has 0 heterocycles. The highest BCUT2D eigenvalue weighted by Gasteiger charge is 2.09. The molecule has 0 saturated heterocycles. The van der Waals surface area contributed by atoms with Crippen LogP contribution in [0.5, 0.6) is 5.75 Å². The van der Waals surface area contributed by atoms with Crippen LogP contribution in [0.15, 0.2) is 54.6 Å². The standard InChI is InChI=1S/C19H21N3O3S/c1-2-3-13-25-16-11-9-15(10-12-16)17(23)20-19(26)22-21-18(24)14-7-5-4-6-8-14/h4-12H,2-3,13H2,1H3,(H,21,24)(H2,20,22,23,26).